The molecule has 0 spiro atoms. The molecule has 0 aliphatic rings. The Bertz CT molecular complexity index is 4800. The van der Waals surface area contributed by atoms with Gasteiger partial charge < -0.3 is 4.90 Å². The minimum Gasteiger partial charge on any atom is -0.310 e. The molecule has 1 heteroatoms. The zero-order valence-electron chi connectivity index (χ0n) is 53.3. The topological polar surface area (TPSA) is 3.24 Å². The van der Waals surface area contributed by atoms with Crippen molar-refractivity contribution in [3.63, 3.8) is 0 Å². The highest BCUT2D eigenvalue weighted by molar-refractivity contribution is 5.92. The lowest BCUT2D eigenvalue weighted by atomic mass is 9.89. The van der Waals surface area contributed by atoms with Crippen LogP contribution in [-0.4, -0.2) is 0 Å². The average molecular weight is 1220 g/mol. The van der Waals surface area contributed by atoms with Crippen LogP contribution in [-0.2, 0) is 6.42 Å². The van der Waals surface area contributed by atoms with Gasteiger partial charge in [0.15, 0.2) is 0 Å². The van der Waals surface area contributed by atoms with Crippen molar-refractivity contribution in [2.45, 2.75) is 6.42 Å². The van der Waals surface area contributed by atoms with E-state index in [1.54, 1.807) is 0 Å². The van der Waals surface area contributed by atoms with Crippen molar-refractivity contribution in [3.8, 4) is 100 Å². The van der Waals surface area contributed by atoms with E-state index < -0.39 is 0 Å². The third-order valence-electron chi connectivity index (χ3n) is 18.0. The van der Waals surface area contributed by atoms with E-state index in [0.717, 1.165) is 84.7 Å². The third-order valence-corrected chi connectivity index (χ3v) is 18.0. The number of hydrogen-bond donors (Lipinski definition) is 0. The first-order valence-corrected chi connectivity index (χ1v) is 33.0. The molecule has 0 heterocycles. The number of allylic oxidation sites excluding steroid dienone is 1. The van der Waals surface area contributed by atoms with Crippen molar-refractivity contribution in [3.05, 3.63) is 416 Å². The van der Waals surface area contributed by atoms with Crippen LogP contribution in [0.25, 0.3) is 124 Å². The normalized spacial score (nSPS) is 11.4. The minimum atomic E-state index is 0.728. The molecule has 0 aromatic heterocycles. The van der Waals surface area contributed by atoms with Gasteiger partial charge in [-0.2, -0.15) is 0 Å². The average Bonchev–Trinajstić information content (AvgIpc) is 0.893. The molecule has 0 amide bonds. The summed E-state index contributed by atoms with van der Waals surface area (Å²) >= 11 is 0. The van der Waals surface area contributed by atoms with Gasteiger partial charge in [0.05, 0.1) is 0 Å². The summed E-state index contributed by atoms with van der Waals surface area (Å²) in [4.78, 5) is 2.43. The Hall–Kier alpha value is -12.4. The van der Waals surface area contributed by atoms with Gasteiger partial charge in [0, 0.05) is 17.1 Å². The maximum atomic E-state index is 2.43. The molecule has 0 fully saturated rings. The largest absolute Gasteiger partial charge is 0.310 e. The first kappa shape index (κ1) is 59.9. The summed E-state index contributed by atoms with van der Waals surface area (Å²) in [6.45, 7) is 0. The monoisotopic (exact) mass is 1220 g/mol. The Morgan fingerprint density at radius 1 is 0.198 bits per heavy atom. The fraction of sp³-hybridized carbons (Fsp3) is 0.0105. The van der Waals surface area contributed by atoms with E-state index in [0.29, 0.717) is 0 Å². The van der Waals surface area contributed by atoms with Crippen molar-refractivity contribution in [1.29, 1.82) is 0 Å². The predicted octanol–water partition coefficient (Wildman–Crippen LogP) is 26.1. The molecule has 0 atom stereocenters. The summed E-state index contributed by atoms with van der Waals surface area (Å²) in [6, 6.07) is 141. The number of anilines is 3. The molecule has 96 heavy (non-hydrogen) atoms. The molecule has 1 nitrogen and oxygen atoms in total. The van der Waals surface area contributed by atoms with Crippen molar-refractivity contribution < 1.29 is 0 Å². The first-order chi connectivity index (χ1) is 47.5. The quantitative estimate of drug-likeness (QED) is 0.0774. The van der Waals surface area contributed by atoms with Crippen LogP contribution in [0.1, 0.15) is 27.8 Å². The van der Waals surface area contributed by atoms with Gasteiger partial charge in [0.1, 0.15) is 0 Å². The van der Waals surface area contributed by atoms with Crippen molar-refractivity contribution in [2.75, 3.05) is 4.90 Å². The Morgan fingerprint density at radius 2 is 0.490 bits per heavy atom. The molecule has 0 aliphatic carbocycles. The number of hydrogen-bond acceptors (Lipinski definition) is 1. The smallest absolute Gasteiger partial charge is 0.0473 e. The molecular formula is C95H69N. The van der Waals surface area contributed by atoms with Crippen LogP contribution in [0, 0.1) is 0 Å². The van der Waals surface area contributed by atoms with E-state index in [4.69, 9.17) is 0 Å². The molecule has 0 radical (unpaired) electrons. The Balaban J connectivity index is 0.761. The Morgan fingerprint density at radius 3 is 0.844 bits per heavy atom. The molecule has 0 aliphatic heterocycles. The van der Waals surface area contributed by atoms with Gasteiger partial charge in [-0.15, -0.1) is 0 Å². The lowest BCUT2D eigenvalue weighted by Crippen LogP contribution is -2.11. The van der Waals surface area contributed by atoms with E-state index in [1.807, 2.05) is 0 Å². The van der Waals surface area contributed by atoms with Gasteiger partial charge in [0.2, 0.25) is 0 Å². The highest BCUT2D eigenvalue weighted by Crippen LogP contribution is 2.44. The zero-order valence-corrected chi connectivity index (χ0v) is 53.3. The number of benzene rings is 15. The fourth-order valence-electron chi connectivity index (χ4n) is 13.1. The van der Waals surface area contributed by atoms with Gasteiger partial charge in [-0.25, -0.2) is 0 Å². The lowest BCUT2D eigenvalue weighted by Gasteiger charge is -2.28. The number of nitrogens with zero attached hydrogens (tertiary/aromatic N) is 1. The van der Waals surface area contributed by atoms with Crippen molar-refractivity contribution >= 4 is 40.9 Å². The Kier molecular flexibility index (Phi) is 17.6. The van der Waals surface area contributed by atoms with Crippen LogP contribution in [0.3, 0.4) is 0 Å². The van der Waals surface area contributed by atoms with Gasteiger partial charge in [-0.3, -0.25) is 0 Å². The maximum absolute atomic E-state index is 2.43. The highest BCUT2D eigenvalue weighted by atomic mass is 15.1. The summed E-state index contributed by atoms with van der Waals surface area (Å²) in [6.07, 6.45) is 7.61. The van der Waals surface area contributed by atoms with Gasteiger partial charge in [0.25, 0.3) is 0 Å². The second-order valence-corrected chi connectivity index (χ2v) is 24.5. The molecule has 0 saturated carbocycles. The van der Waals surface area contributed by atoms with E-state index in [-0.39, 0.29) is 0 Å². The maximum Gasteiger partial charge on any atom is 0.0473 e. The Labute approximate surface area is 564 Å². The number of rotatable bonds is 18. The summed E-state index contributed by atoms with van der Waals surface area (Å²) in [7, 11) is 0. The van der Waals surface area contributed by atoms with E-state index in [1.165, 1.54) is 72.3 Å². The molecule has 15 aromatic rings. The lowest BCUT2D eigenvalue weighted by molar-refractivity contribution is 1.28. The molecule has 0 bridgehead atoms. The van der Waals surface area contributed by atoms with Crippen LogP contribution in [0.2, 0.25) is 0 Å². The van der Waals surface area contributed by atoms with Gasteiger partial charge >= 0.3 is 0 Å². The zero-order chi connectivity index (χ0) is 64.2. The first-order valence-electron chi connectivity index (χ1n) is 33.0. The second kappa shape index (κ2) is 28.2. The SMILES string of the molecule is C(=C(\Cc1ccc(-c2cccc(/C=C/c3ccc(N(c4cc(-c5ccccc5)cc(-c5ccccc5)c4)c4cc(-c5ccccc5)cc(-c5ccccc5)c4)cc3)c2)cc1)c1cc(-c2ccccc2)cc(-c2ccccc2)c1)/c1cc(-c2ccccc2)cc(-c2ccccc2)c1. The summed E-state index contributed by atoms with van der Waals surface area (Å²) in [5.74, 6) is 0. The highest BCUT2D eigenvalue weighted by Gasteiger charge is 2.20. The van der Waals surface area contributed by atoms with E-state index >= 15 is 0 Å². The molecule has 0 unspecified atom stereocenters. The van der Waals surface area contributed by atoms with Gasteiger partial charge in [-0.05, 0) is 231 Å². The minimum absolute atomic E-state index is 0.728. The van der Waals surface area contributed by atoms with Crippen LogP contribution in [0.4, 0.5) is 17.1 Å². The summed E-state index contributed by atoms with van der Waals surface area (Å²) < 4.78 is 0. The van der Waals surface area contributed by atoms with Crippen molar-refractivity contribution in [1.82, 2.24) is 0 Å². The molecule has 0 N–H and O–H groups in total. The van der Waals surface area contributed by atoms with Crippen LogP contribution in [0.15, 0.2) is 388 Å². The predicted molar refractivity (Wildman–Crippen MR) is 410 cm³/mol. The molecule has 454 valence electrons. The molecule has 15 aromatic carbocycles. The third kappa shape index (κ3) is 14.0. The van der Waals surface area contributed by atoms with E-state index in [9.17, 15) is 0 Å². The standard InChI is InChI=1S/C95H69N/c1-9-27-73(28-10-1)84-57-72(58-85(59-84)74-29-11-2-12-30-74)56-83(88-61-86(75-31-13-3-14-32-75)60-87(62-88)76-33-15-4-16-34-76)55-71-46-50-81(51-47-71)82-43-25-26-70(54-82)45-44-69-48-52-93(53-49-69)96(94-65-89(77-35-17-5-18-36-77)63-90(66-94)78-37-19-6-20-38-78)95-67-91(79-39-21-7-22-40-79)64-92(68-95)80-41-23-8-24-42-80/h1-54,56-68H,55H2/b45-44+,83-56-. The molecular weight excluding hydrogens is 1160 g/mol. The van der Waals surface area contributed by atoms with Gasteiger partial charge in [-0.1, -0.05) is 315 Å². The second-order valence-electron chi connectivity index (χ2n) is 24.5. The van der Waals surface area contributed by atoms with Crippen molar-refractivity contribution in [2.24, 2.45) is 0 Å². The molecule has 0 saturated heterocycles. The van der Waals surface area contributed by atoms with Crippen LogP contribution in [0.5, 0.6) is 0 Å². The fourth-order valence-corrected chi connectivity index (χ4v) is 13.1. The summed E-state index contributed by atoms with van der Waals surface area (Å²) in [5.41, 5.74) is 31.3. The van der Waals surface area contributed by atoms with Crippen LogP contribution >= 0.6 is 0 Å². The van der Waals surface area contributed by atoms with Crippen LogP contribution < -0.4 is 4.90 Å². The molecule has 15 rings (SSSR count). The van der Waals surface area contributed by atoms with E-state index in [2.05, 4.69) is 411 Å². The summed E-state index contributed by atoms with van der Waals surface area (Å²) in [5, 5.41) is 0.